The van der Waals surface area contributed by atoms with Crippen molar-refractivity contribution in [3.8, 4) is 0 Å². The van der Waals surface area contributed by atoms with Gasteiger partial charge in [-0.05, 0) is 42.3 Å². The standard InChI is InChI=1S/C15H13BrF2N2O/c16-10-1-2-14(19)13(7-10)15(21)20-4-3-9-5-11(17)8-12(18)6-9/h1-2,5-8H,3-4,19H2,(H,20,21). The number of anilines is 1. The second-order valence-corrected chi connectivity index (χ2v) is 5.43. The summed E-state index contributed by atoms with van der Waals surface area (Å²) < 4.78 is 26.8. The van der Waals surface area contributed by atoms with Crippen LogP contribution in [-0.4, -0.2) is 12.5 Å². The predicted octanol–water partition coefficient (Wildman–Crippen LogP) is 3.28. The summed E-state index contributed by atoms with van der Waals surface area (Å²) >= 11 is 3.27. The van der Waals surface area contributed by atoms with Gasteiger partial charge in [-0.25, -0.2) is 8.78 Å². The Morgan fingerprint density at radius 3 is 2.48 bits per heavy atom. The fraction of sp³-hybridized carbons (Fsp3) is 0.133. The number of carbonyl (C=O) groups is 1. The third-order valence-corrected chi connectivity index (χ3v) is 3.37. The van der Waals surface area contributed by atoms with E-state index in [-0.39, 0.29) is 12.5 Å². The molecule has 0 saturated heterocycles. The molecular formula is C15H13BrF2N2O. The fourth-order valence-corrected chi connectivity index (χ4v) is 2.26. The zero-order valence-corrected chi connectivity index (χ0v) is 12.6. The molecule has 2 aromatic carbocycles. The lowest BCUT2D eigenvalue weighted by Gasteiger charge is -2.08. The molecule has 0 saturated carbocycles. The molecule has 0 unspecified atom stereocenters. The number of amides is 1. The molecule has 0 aliphatic carbocycles. The van der Waals surface area contributed by atoms with Gasteiger partial charge in [0.25, 0.3) is 5.91 Å². The molecule has 2 aromatic rings. The summed E-state index contributed by atoms with van der Waals surface area (Å²) in [5.41, 5.74) is 6.94. The molecule has 0 aromatic heterocycles. The predicted molar refractivity (Wildman–Crippen MR) is 80.9 cm³/mol. The van der Waals surface area contributed by atoms with Gasteiger partial charge in [0.2, 0.25) is 0 Å². The van der Waals surface area contributed by atoms with E-state index in [0.717, 1.165) is 10.5 Å². The van der Waals surface area contributed by atoms with Crippen molar-refractivity contribution in [3.63, 3.8) is 0 Å². The van der Waals surface area contributed by atoms with E-state index < -0.39 is 11.6 Å². The normalized spacial score (nSPS) is 10.4. The van der Waals surface area contributed by atoms with E-state index in [1.165, 1.54) is 12.1 Å². The van der Waals surface area contributed by atoms with Crippen molar-refractivity contribution < 1.29 is 13.6 Å². The molecule has 0 radical (unpaired) electrons. The Morgan fingerprint density at radius 2 is 1.81 bits per heavy atom. The zero-order valence-electron chi connectivity index (χ0n) is 11.0. The van der Waals surface area contributed by atoms with Crippen molar-refractivity contribution in [2.24, 2.45) is 0 Å². The van der Waals surface area contributed by atoms with Crippen LogP contribution in [0.3, 0.4) is 0 Å². The molecule has 0 aliphatic heterocycles. The van der Waals surface area contributed by atoms with Crippen LogP contribution in [0.5, 0.6) is 0 Å². The van der Waals surface area contributed by atoms with Crippen LogP contribution in [0, 0.1) is 11.6 Å². The van der Waals surface area contributed by atoms with E-state index in [2.05, 4.69) is 21.2 Å². The Hall–Kier alpha value is -1.95. The number of benzene rings is 2. The molecule has 0 fully saturated rings. The average Bonchev–Trinajstić information content (AvgIpc) is 2.40. The topological polar surface area (TPSA) is 55.1 Å². The first kappa shape index (κ1) is 15.4. The Balaban J connectivity index is 1.96. The molecular weight excluding hydrogens is 342 g/mol. The molecule has 2 rings (SSSR count). The Labute approximate surface area is 129 Å². The van der Waals surface area contributed by atoms with Gasteiger partial charge in [0.1, 0.15) is 11.6 Å². The lowest BCUT2D eigenvalue weighted by atomic mass is 10.1. The number of hydrogen-bond donors (Lipinski definition) is 2. The number of nitrogens with two attached hydrogens (primary N) is 1. The van der Waals surface area contributed by atoms with Crippen LogP contribution < -0.4 is 11.1 Å². The van der Waals surface area contributed by atoms with Gasteiger partial charge in [-0.15, -0.1) is 0 Å². The SMILES string of the molecule is Nc1ccc(Br)cc1C(=O)NCCc1cc(F)cc(F)c1. The van der Waals surface area contributed by atoms with E-state index in [4.69, 9.17) is 5.73 Å². The van der Waals surface area contributed by atoms with Crippen LogP contribution in [0.4, 0.5) is 14.5 Å². The molecule has 110 valence electrons. The minimum absolute atomic E-state index is 0.258. The van der Waals surface area contributed by atoms with Crippen LogP contribution in [0.2, 0.25) is 0 Å². The first-order valence-corrected chi connectivity index (χ1v) is 7.03. The van der Waals surface area contributed by atoms with Gasteiger partial charge < -0.3 is 11.1 Å². The van der Waals surface area contributed by atoms with Crippen LogP contribution in [0.25, 0.3) is 0 Å². The van der Waals surface area contributed by atoms with Gasteiger partial charge in [0.05, 0.1) is 5.56 Å². The monoisotopic (exact) mass is 354 g/mol. The van der Waals surface area contributed by atoms with Crippen molar-refractivity contribution >= 4 is 27.5 Å². The third-order valence-electron chi connectivity index (χ3n) is 2.88. The van der Waals surface area contributed by atoms with E-state index in [1.807, 2.05) is 0 Å². The highest BCUT2D eigenvalue weighted by atomic mass is 79.9. The molecule has 0 spiro atoms. The van der Waals surface area contributed by atoms with Crippen molar-refractivity contribution in [1.82, 2.24) is 5.32 Å². The number of halogens is 3. The summed E-state index contributed by atoms with van der Waals surface area (Å²) in [6.07, 6.45) is 0.328. The zero-order chi connectivity index (χ0) is 15.4. The highest BCUT2D eigenvalue weighted by Crippen LogP contribution is 2.18. The maximum absolute atomic E-state index is 13.0. The van der Waals surface area contributed by atoms with E-state index in [0.29, 0.717) is 23.2 Å². The third kappa shape index (κ3) is 4.26. The number of nitrogens with one attached hydrogen (secondary N) is 1. The second-order valence-electron chi connectivity index (χ2n) is 4.52. The summed E-state index contributed by atoms with van der Waals surface area (Å²) in [6.45, 7) is 0.258. The molecule has 3 nitrogen and oxygen atoms in total. The van der Waals surface area contributed by atoms with Crippen molar-refractivity contribution in [3.05, 3.63) is 63.6 Å². The van der Waals surface area contributed by atoms with Gasteiger partial charge in [-0.2, -0.15) is 0 Å². The van der Waals surface area contributed by atoms with Crippen LogP contribution in [0.1, 0.15) is 15.9 Å². The molecule has 6 heteroatoms. The summed E-state index contributed by atoms with van der Waals surface area (Å²) in [7, 11) is 0. The Morgan fingerprint density at radius 1 is 1.14 bits per heavy atom. The highest BCUT2D eigenvalue weighted by molar-refractivity contribution is 9.10. The van der Waals surface area contributed by atoms with Gasteiger partial charge in [0, 0.05) is 22.8 Å². The maximum atomic E-state index is 13.0. The van der Waals surface area contributed by atoms with E-state index >= 15 is 0 Å². The number of rotatable bonds is 4. The summed E-state index contributed by atoms with van der Waals surface area (Å²) in [6, 6.07) is 8.27. The lowest BCUT2D eigenvalue weighted by Crippen LogP contribution is -2.26. The minimum atomic E-state index is -0.632. The first-order chi connectivity index (χ1) is 9.95. The van der Waals surface area contributed by atoms with Crippen LogP contribution >= 0.6 is 15.9 Å². The van der Waals surface area contributed by atoms with E-state index in [9.17, 15) is 13.6 Å². The second kappa shape index (κ2) is 6.67. The summed E-state index contributed by atoms with van der Waals surface area (Å²) in [5, 5.41) is 2.67. The maximum Gasteiger partial charge on any atom is 0.253 e. The smallest absolute Gasteiger partial charge is 0.253 e. The molecule has 1 amide bonds. The number of hydrogen-bond acceptors (Lipinski definition) is 2. The van der Waals surface area contributed by atoms with Crippen molar-refractivity contribution in [2.75, 3.05) is 12.3 Å². The molecule has 0 heterocycles. The van der Waals surface area contributed by atoms with Gasteiger partial charge in [0.15, 0.2) is 0 Å². The van der Waals surface area contributed by atoms with Crippen molar-refractivity contribution in [1.29, 1.82) is 0 Å². The Bertz CT molecular complexity index is 656. The Kier molecular flexibility index (Phi) is 4.90. The first-order valence-electron chi connectivity index (χ1n) is 6.24. The van der Waals surface area contributed by atoms with Crippen molar-refractivity contribution in [2.45, 2.75) is 6.42 Å². The fourth-order valence-electron chi connectivity index (χ4n) is 1.90. The molecule has 0 aliphatic rings. The summed E-state index contributed by atoms with van der Waals surface area (Å²) in [4.78, 5) is 12.0. The van der Waals surface area contributed by atoms with Gasteiger partial charge in [-0.3, -0.25) is 4.79 Å². The number of nitrogen functional groups attached to an aromatic ring is 1. The van der Waals surface area contributed by atoms with Crippen LogP contribution in [-0.2, 0) is 6.42 Å². The molecule has 0 atom stereocenters. The minimum Gasteiger partial charge on any atom is -0.398 e. The van der Waals surface area contributed by atoms with Crippen LogP contribution in [0.15, 0.2) is 40.9 Å². The lowest BCUT2D eigenvalue weighted by molar-refractivity contribution is 0.0955. The largest absolute Gasteiger partial charge is 0.398 e. The molecule has 3 N–H and O–H groups in total. The van der Waals surface area contributed by atoms with E-state index in [1.54, 1.807) is 18.2 Å². The average molecular weight is 355 g/mol. The number of carbonyl (C=O) groups excluding carboxylic acids is 1. The summed E-state index contributed by atoms with van der Waals surface area (Å²) in [5.74, 6) is -1.59. The quantitative estimate of drug-likeness (QED) is 0.827. The molecule has 0 bridgehead atoms. The van der Waals surface area contributed by atoms with Gasteiger partial charge in [-0.1, -0.05) is 15.9 Å². The molecule has 21 heavy (non-hydrogen) atoms. The highest BCUT2D eigenvalue weighted by Gasteiger charge is 2.10. The van der Waals surface area contributed by atoms with Gasteiger partial charge >= 0.3 is 0 Å².